The first-order chi connectivity index (χ1) is 8.24. The molecule has 0 amide bonds. The third-order valence-electron chi connectivity index (χ3n) is 2.49. The van der Waals surface area contributed by atoms with E-state index in [1.165, 1.54) is 4.52 Å². The molecule has 0 radical (unpaired) electrons. The van der Waals surface area contributed by atoms with E-state index >= 15 is 0 Å². The van der Waals surface area contributed by atoms with Gasteiger partial charge in [-0.25, -0.2) is 0 Å². The van der Waals surface area contributed by atoms with Gasteiger partial charge in [-0.2, -0.15) is 9.61 Å². The Bertz CT molecular complexity index is 670. The van der Waals surface area contributed by atoms with E-state index in [1.54, 1.807) is 0 Å². The topological polar surface area (TPSA) is 95.1 Å². The zero-order valence-electron chi connectivity index (χ0n) is 8.91. The second-order valence-corrected chi connectivity index (χ2v) is 3.67. The van der Waals surface area contributed by atoms with Gasteiger partial charge in [-0.05, 0) is 24.3 Å². The van der Waals surface area contributed by atoms with Crippen molar-refractivity contribution >= 4 is 17.3 Å². The van der Waals surface area contributed by atoms with Gasteiger partial charge in [0.15, 0.2) is 5.65 Å². The molecule has 0 aliphatic heterocycles. The summed E-state index contributed by atoms with van der Waals surface area (Å²) in [5.41, 5.74) is 14.4. The maximum Gasteiger partial charge on any atom is 0.243 e. The largest absolute Gasteiger partial charge is 0.399 e. The number of hydrogen-bond donors (Lipinski definition) is 2. The summed E-state index contributed by atoms with van der Waals surface area (Å²) in [4.78, 5) is 0. The molecule has 0 saturated carbocycles. The lowest BCUT2D eigenvalue weighted by molar-refractivity contribution is 0.946. The summed E-state index contributed by atoms with van der Waals surface area (Å²) in [6, 6.07) is 11.2. The second kappa shape index (κ2) is 3.44. The van der Waals surface area contributed by atoms with Gasteiger partial charge >= 0.3 is 0 Å². The van der Waals surface area contributed by atoms with Gasteiger partial charge < -0.3 is 11.5 Å². The van der Waals surface area contributed by atoms with Crippen LogP contribution in [0.4, 0.5) is 11.6 Å². The Labute approximate surface area is 96.9 Å². The minimum absolute atomic E-state index is 0.275. The fraction of sp³-hybridized carbons (Fsp3) is 0. The van der Waals surface area contributed by atoms with Crippen molar-refractivity contribution in [2.75, 3.05) is 11.5 Å². The molecule has 3 rings (SSSR count). The van der Waals surface area contributed by atoms with Crippen LogP contribution in [0.25, 0.3) is 16.9 Å². The van der Waals surface area contributed by atoms with Crippen molar-refractivity contribution in [1.29, 1.82) is 0 Å². The average Bonchev–Trinajstić information content (AvgIpc) is 2.72. The van der Waals surface area contributed by atoms with Gasteiger partial charge in [0.05, 0.1) is 5.69 Å². The molecule has 2 heterocycles. The van der Waals surface area contributed by atoms with Gasteiger partial charge in [0, 0.05) is 11.3 Å². The molecule has 0 unspecified atom stereocenters. The molecule has 2 aromatic heterocycles. The van der Waals surface area contributed by atoms with Crippen LogP contribution in [-0.4, -0.2) is 19.8 Å². The van der Waals surface area contributed by atoms with Crippen molar-refractivity contribution in [3.8, 4) is 11.3 Å². The summed E-state index contributed by atoms with van der Waals surface area (Å²) < 4.78 is 1.51. The van der Waals surface area contributed by atoms with Crippen LogP contribution in [0.3, 0.4) is 0 Å². The minimum Gasteiger partial charge on any atom is -0.399 e. The summed E-state index contributed by atoms with van der Waals surface area (Å²) in [5.74, 6) is 0.275. The predicted molar refractivity (Wildman–Crippen MR) is 65.0 cm³/mol. The molecule has 0 saturated heterocycles. The molecule has 4 N–H and O–H groups in total. The maximum atomic E-state index is 5.65. The number of rotatable bonds is 1. The molecular weight excluding hydrogens is 216 g/mol. The lowest BCUT2D eigenvalue weighted by Gasteiger charge is -2.02. The normalized spacial score (nSPS) is 10.8. The SMILES string of the molecule is Nc1ccc(-c2ccc3nnc(N)n3n2)cc1. The first kappa shape index (κ1) is 9.59. The number of nitrogens with two attached hydrogens (primary N) is 2. The van der Waals surface area contributed by atoms with Crippen molar-refractivity contribution in [3.63, 3.8) is 0 Å². The lowest BCUT2D eigenvalue weighted by Crippen LogP contribution is -1.99. The Balaban J connectivity index is 2.17. The van der Waals surface area contributed by atoms with E-state index in [2.05, 4.69) is 15.3 Å². The molecule has 6 heteroatoms. The fourth-order valence-corrected chi connectivity index (χ4v) is 1.61. The van der Waals surface area contributed by atoms with Crippen LogP contribution >= 0.6 is 0 Å². The Hall–Kier alpha value is -2.63. The molecule has 0 aliphatic rings. The van der Waals surface area contributed by atoms with Crippen molar-refractivity contribution in [3.05, 3.63) is 36.4 Å². The highest BCUT2D eigenvalue weighted by Crippen LogP contribution is 2.18. The summed E-state index contributed by atoms with van der Waals surface area (Å²) >= 11 is 0. The van der Waals surface area contributed by atoms with E-state index < -0.39 is 0 Å². The predicted octanol–water partition coefficient (Wildman–Crippen LogP) is 0.956. The Kier molecular flexibility index (Phi) is 1.94. The quantitative estimate of drug-likeness (QED) is 0.602. The highest BCUT2D eigenvalue weighted by atomic mass is 15.4. The molecule has 84 valence electrons. The van der Waals surface area contributed by atoms with Gasteiger partial charge in [0.25, 0.3) is 0 Å². The third kappa shape index (κ3) is 1.55. The number of nitrogens with zero attached hydrogens (tertiary/aromatic N) is 4. The van der Waals surface area contributed by atoms with Crippen LogP contribution in [0.1, 0.15) is 0 Å². The molecule has 0 fully saturated rings. The first-order valence-electron chi connectivity index (χ1n) is 5.08. The molecule has 0 atom stereocenters. The first-order valence-corrected chi connectivity index (χ1v) is 5.08. The molecule has 0 aliphatic carbocycles. The van der Waals surface area contributed by atoms with E-state index in [9.17, 15) is 0 Å². The van der Waals surface area contributed by atoms with Crippen LogP contribution in [0, 0.1) is 0 Å². The summed E-state index contributed by atoms with van der Waals surface area (Å²) in [7, 11) is 0. The van der Waals surface area contributed by atoms with Gasteiger partial charge in [-0.3, -0.25) is 0 Å². The van der Waals surface area contributed by atoms with Crippen LogP contribution in [0.5, 0.6) is 0 Å². The molecule has 17 heavy (non-hydrogen) atoms. The summed E-state index contributed by atoms with van der Waals surface area (Å²) in [6.07, 6.45) is 0. The number of hydrogen-bond acceptors (Lipinski definition) is 5. The van der Waals surface area contributed by atoms with Gasteiger partial charge in [0.2, 0.25) is 5.95 Å². The fourth-order valence-electron chi connectivity index (χ4n) is 1.61. The van der Waals surface area contributed by atoms with E-state index in [0.29, 0.717) is 5.65 Å². The van der Waals surface area contributed by atoms with E-state index in [4.69, 9.17) is 11.5 Å². The van der Waals surface area contributed by atoms with Crippen molar-refractivity contribution < 1.29 is 0 Å². The Morgan fingerprint density at radius 1 is 0.882 bits per heavy atom. The lowest BCUT2D eigenvalue weighted by atomic mass is 10.1. The van der Waals surface area contributed by atoms with E-state index in [1.807, 2.05) is 36.4 Å². The van der Waals surface area contributed by atoms with Crippen LogP contribution in [-0.2, 0) is 0 Å². The van der Waals surface area contributed by atoms with Gasteiger partial charge in [-0.15, -0.1) is 10.2 Å². The zero-order valence-corrected chi connectivity index (χ0v) is 8.91. The molecule has 0 spiro atoms. The highest BCUT2D eigenvalue weighted by Gasteiger charge is 2.05. The number of benzene rings is 1. The van der Waals surface area contributed by atoms with Crippen LogP contribution in [0.2, 0.25) is 0 Å². The molecule has 3 aromatic rings. The van der Waals surface area contributed by atoms with E-state index in [0.717, 1.165) is 16.9 Å². The highest BCUT2D eigenvalue weighted by molar-refractivity contribution is 5.63. The number of anilines is 2. The minimum atomic E-state index is 0.275. The number of fused-ring (bicyclic) bond motifs is 1. The molecule has 0 bridgehead atoms. The van der Waals surface area contributed by atoms with Crippen molar-refractivity contribution in [2.45, 2.75) is 0 Å². The Morgan fingerprint density at radius 3 is 2.41 bits per heavy atom. The van der Waals surface area contributed by atoms with Crippen LogP contribution < -0.4 is 11.5 Å². The van der Waals surface area contributed by atoms with E-state index in [-0.39, 0.29) is 5.95 Å². The van der Waals surface area contributed by atoms with Gasteiger partial charge in [0.1, 0.15) is 0 Å². The van der Waals surface area contributed by atoms with Crippen molar-refractivity contribution in [2.24, 2.45) is 0 Å². The Morgan fingerprint density at radius 2 is 1.65 bits per heavy atom. The molecular formula is C11H10N6. The molecule has 1 aromatic carbocycles. The van der Waals surface area contributed by atoms with Gasteiger partial charge in [-0.1, -0.05) is 12.1 Å². The maximum absolute atomic E-state index is 5.65. The number of aromatic nitrogens is 4. The third-order valence-corrected chi connectivity index (χ3v) is 2.49. The number of nitrogen functional groups attached to an aromatic ring is 2. The van der Waals surface area contributed by atoms with Crippen LogP contribution in [0.15, 0.2) is 36.4 Å². The monoisotopic (exact) mass is 226 g/mol. The van der Waals surface area contributed by atoms with Crippen molar-refractivity contribution in [1.82, 2.24) is 19.8 Å². The second-order valence-electron chi connectivity index (χ2n) is 3.67. The summed E-state index contributed by atoms with van der Waals surface area (Å²) in [6.45, 7) is 0. The average molecular weight is 226 g/mol. The standard InChI is InChI=1S/C11H10N6/c12-8-3-1-7(2-4-8)9-5-6-10-14-15-11(13)17(10)16-9/h1-6H,12H2,(H2,13,15). The molecule has 6 nitrogen and oxygen atoms in total. The summed E-state index contributed by atoms with van der Waals surface area (Å²) in [5, 5.41) is 12.0. The smallest absolute Gasteiger partial charge is 0.243 e. The zero-order chi connectivity index (χ0) is 11.8.